The Morgan fingerprint density at radius 1 is 0.345 bits per heavy atom. The van der Waals surface area contributed by atoms with Gasteiger partial charge >= 0.3 is 0 Å². The van der Waals surface area contributed by atoms with E-state index in [1.165, 1.54) is 10.8 Å². The van der Waals surface area contributed by atoms with E-state index in [1.807, 2.05) is 48.8 Å². The van der Waals surface area contributed by atoms with Gasteiger partial charge in [0.1, 0.15) is 5.65 Å². The second kappa shape index (κ2) is 12.7. The van der Waals surface area contributed by atoms with Gasteiger partial charge in [-0.25, -0.2) is 9.97 Å². The average Bonchev–Trinajstić information content (AvgIpc) is 3.84. The van der Waals surface area contributed by atoms with Crippen LogP contribution in [0, 0.1) is 0 Å². The Labute approximate surface area is 331 Å². The molecule has 6 heterocycles. The quantitative estimate of drug-likeness (QED) is 0.163. The highest BCUT2D eigenvalue weighted by molar-refractivity contribution is 6.17. The summed E-state index contributed by atoms with van der Waals surface area (Å²) in [6, 6.07) is 58.4. The zero-order valence-electron chi connectivity index (χ0n) is 30.9. The summed E-state index contributed by atoms with van der Waals surface area (Å²) in [5.74, 6) is 1.67. The highest BCUT2D eigenvalue weighted by Gasteiger charge is 2.21. The molecule has 0 bridgehead atoms. The summed E-state index contributed by atoms with van der Waals surface area (Å²) >= 11 is 0. The zero-order valence-corrected chi connectivity index (χ0v) is 30.9. The minimum absolute atomic E-state index is 0.525. The first-order chi connectivity index (χ1) is 28.7. The van der Waals surface area contributed by atoms with E-state index in [0.29, 0.717) is 17.6 Å². The SMILES string of the molecule is c1ccc(-c2ccc(-c3nc(-c4ccc(-c5ccccn5)cc4)nc(-n4c5ccccc5c5cc6nc7c8ccccc8c8ccccc8n7c6cc54)n3)cc2)nc1. The number of nitrogens with zero attached hydrogens (tertiary/aromatic N) is 8. The van der Waals surface area contributed by atoms with Crippen LogP contribution in [0.25, 0.3) is 111 Å². The lowest BCUT2D eigenvalue weighted by molar-refractivity contribution is 0.953. The highest BCUT2D eigenvalue weighted by atomic mass is 15.2. The van der Waals surface area contributed by atoms with Gasteiger partial charge < -0.3 is 0 Å². The molecule has 0 aliphatic rings. The molecule has 58 heavy (non-hydrogen) atoms. The maximum Gasteiger partial charge on any atom is 0.238 e. The predicted molar refractivity (Wildman–Crippen MR) is 233 cm³/mol. The van der Waals surface area contributed by atoms with Crippen molar-refractivity contribution < 1.29 is 0 Å². The van der Waals surface area contributed by atoms with Gasteiger partial charge in [0.05, 0.1) is 39.0 Å². The molecule has 0 atom stereocenters. The molecular formula is C50H30N8. The van der Waals surface area contributed by atoms with Gasteiger partial charge in [-0.15, -0.1) is 0 Å². The second-order valence-electron chi connectivity index (χ2n) is 14.4. The van der Waals surface area contributed by atoms with Gasteiger partial charge in [0, 0.05) is 56.2 Å². The van der Waals surface area contributed by atoms with Crippen LogP contribution < -0.4 is 0 Å². The summed E-state index contributed by atoms with van der Waals surface area (Å²) in [5.41, 5.74) is 11.5. The topological polar surface area (TPSA) is 86.7 Å². The van der Waals surface area contributed by atoms with E-state index in [0.717, 1.165) is 83.0 Å². The Bertz CT molecular complexity index is 3440. The molecule has 0 N–H and O–H groups in total. The number of fused-ring (bicyclic) bond motifs is 11. The molecule has 0 radical (unpaired) electrons. The first-order valence-electron chi connectivity index (χ1n) is 19.2. The summed E-state index contributed by atoms with van der Waals surface area (Å²) in [6.45, 7) is 0. The Kier molecular flexibility index (Phi) is 7.06. The smallest absolute Gasteiger partial charge is 0.238 e. The molecule has 0 fully saturated rings. The van der Waals surface area contributed by atoms with Crippen molar-refractivity contribution in [2.75, 3.05) is 0 Å². The molecule has 0 saturated carbocycles. The lowest BCUT2D eigenvalue weighted by Gasteiger charge is -2.12. The molecule has 0 saturated heterocycles. The summed E-state index contributed by atoms with van der Waals surface area (Å²) in [6.07, 6.45) is 3.62. The van der Waals surface area contributed by atoms with Gasteiger partial charge in [0.25, 0.3) is 0 Å². The monoisotopic (exact) mass is 742 g/mol. The van der Waals surface area contributed by atoms with E-state index in [-0.39, 0.29) is 0 Å². The van der Waals surface area contributed by atoms with Crippen LogP contribution in [0.15, 0.2) is 182 Å². The first-order valence-corrected chi connectivity index (χ1v) is 19.2. The van der Waals surface area contributed by atoms with Crippen LogP contribution in [0.2, 0.25) is 0 Å². The Morgan fingerprint density at radius 3 is 1.47 bits per heavy atom. The van der Waals surface area contributed by atoms with Crippen LogP contribution in [-0.4, -0.2) is 38.9 Å². The third kappa shape index (κ3) is 5.02. The fraction of sp³-hybridized carbons (Fsp3) is 0. The molecule has 12 rings (SSSR count). The van der Waals surface area contributed by atoms with Crippen LogP contribution >= 0.6 is 0 Å². The summed E-state index contributed by atoms with van der Waals surface area (Å²) in [7, 11) is 0. The Morgan fingerprint density at radius 2 is 0.862 bits per heavy atom. The molecule has 0 spiro atoms. The first kappa shape index (κ1) is 32.2. The van der Waals surface area contributed by atoms with Gasteiger partial charge in [-0.1, -0.05) is 121 Å². The third-order valence-electron chi connectivity index (χ3n) is 11.1. The van der Waals surface area contributed by atoms with Gasteiger partial charge in [-0.3, -0.25) is 18.9 Å². The molecular weight excluding hydrogens is 713 g/mol. The van der Waals surface area contributed by atoms with Gasteiger partial charge in [-0.05, 0) is 53.9 Å². The van der Waals surface area contributed by atoms with E-state index in [1.54, 1.807) is 0 Å². The molecule has 6 aromatic heterocycles. The summed E-state index contributed by atoms with van der Waals surface area (Å²) in [4.78, 5) is 30.0. The molecule has 8 heteroatoms. The van der Waals surface area contributed by atoms with Crippen molar-refractivity contribution >= 4 is 60.2 Å². The minimum Gasteiger partial charge on any atom is -0.292 e. The van der Waals surface area contributed by atoms with Crippen LogP contribution in [-0.2, 0) is 0 Å². The van der Waals surface area contributed by atoms with Crippen molar-refractivity contribution in [1.29, 1.82) is 0 Å². The zero-order chi connectivity index (χ0) is 38.2. The third-order valence-corrected chi connectivity index (χ3v) is 11.1. The van der Waals surface area contributed by atoms with Gasteiger partial charge in [0.2, 0.25) is 5.95 Å². The Balaban J connectivity index is 1.11. The van der Waals surface area contributed by atoms with E-state index < -0.39 is 0 Å². The summed E-state index contributed by atoms with van der Waals surface area (Å²) < 4.78 is 4.47. The molecule has 0 unspecified atom stereocenters. The maximum atomic E-state index is 5.30. The van der Waals surface area contributed by atoms with E-state index in [9.17, 15) is 0 Å². The van der Waals surface area contributed by atoms with E-state index >= 15 is 0 Å². The predicted octanol–water partition coefficient (Wildman–Crippen LogP) is 11.5. The molecule has 0 aliphatic carbocycles. The van der Waals surface area contributed by atoms with Crippen LogP contribution in [0.3, 0.4) is 0 Å². The van der Waals surface area contributed by atoms with Crippen LogP contribution in [0.4, 0.5) is 0 Å². The van der Waals surface area contributed by atoms with Gasteiger partial charge in [0.15, 0.2) is 11.6 Å². The molecule has 8 nitrogen and oxygen atoms in total. The molecule has 0 amide bonds. The fourth-order valence-corrected chi connectivity index (χ4v) is 8.36. The van der Waals surface area contributed by atoms with Crippen molar-refractivity contribution in [3.8, 4) is 51.2 Å². The summed E-state index contributed by atoms with van der Waals surface area (Å²) in [5, 5.41) is 5.65. The number of rotatable bonds is 5. The van der Waals surface area contributed by atoms with Crippen molar-refractivity contribution in [1.82, 2.24) is 38.9 Å². The standard InChI is InChI=1S/C50H30N8/c1-2-14-38-35(11-1)36-12-3-5-17-43(36)57-46-30-45-39(29-42(46)53-49(38)57)37-13-4-6-18-44(37)58(45)50-55-47(33-23-19-31(20-24-33)40-15-7-9-27-51-40)54-48(56-50)34-25-21-32(22-26-34)41-16-8-10-28-52-41/h1-30H. The fourth-order valence-electron chi connectivity index (χ4n) is 8.36. The average molecular weight is 743 g/mol. The maximum absolute atomic E-state index is 5.30. The number of para-hydroxylation sites is 2. The number of pyridine rings is 3. The lowest BCUT2D eigenvalue weighted by Crippen LogP contribution is -2.06. The van der Waals surface area contributed by atoms with Crippen LogP contribution in [0.5, 0.6) is 0 Å². The van der Waals surface area contributed by atoms with Crippen LogP contribution in [0.1, 0.15) is 0 Å². The Hall–Kier alpha value is -8.10. The van der Waals surface area contributed by atoms with Crippen molar-refractivity contribution in [3.63, 3.8) is 0 Å². The minimum atomic E-state index is 0.525. The van der Waals surface area contributed by atoms with E-state index in [2.05, 4.69) is 152 Å². The molecule has 6 aromatic carbocycles. The largest absolute Gasteiger partial charge is 0.292 e. The number of benzene rings is 6. The second-order valence-corrected chi connectivity index (χ2v) is 14.4. The molecule has 12 aromatic rings. The van der Waals surface area contributed by atoms with Crippen molar-refractivity contribution in [3.05, 3.63) is 182 Å². The van der Waals surface area contributed by atoms with E-state index in [4.69, 9.17) is 19.9 Å². The highest BCUT2D eigenvalue weighted by Crippen LogP contribution is 2.38. The number of aromatic nitrogens is 8. The molecule has 0 aliphatic heterocycles. The molecule has 270 valence electrons. The van der Waals surface area contributed by atoms with Crippen molar-refractivity contribution in [2.45, 2.75) is 0 Å². The van der Waals surface area contributed by atoms with Crippen molar-refractivity contribution in [2.24, 2.45) is 0 Å². The normalized spacial score (nSPS) is 11.8. The number of hydrogen-bond donors (Lipinski definition) is 0. The van der Waals surface area contributed by atoms with Gasteiger partial charge in [-0.2, -0.15) is 9.97 Å². The lowest BCUT2D eigenvalue weighted by atomic mass is 10.1. The number of imidazole rings is 1. The number of hydrogen-bond acceptors (Lipinski definition) is 6.